The fourth-order valence-electron chi connectivity index (χ4n) is 1.92. The third kappa shape index (κ3) is 2.41. The van der Waals surface area contributed by atoms with E-state index in [4.69, 9.17) is 14.2 Å². The topological polar surface area (TPSA) is 44.8 Å². The highest BCUT2D eigenvalue weighted by molar-refractivity contribution is 9.10. The lowest BCUT2D eigenvalue weighted by molar-refractivity contribution is 0.104. The number of hydrogen-bond acceptors (Lipinski definition) is 5. The molecule has 104 valence electrons. The molecular formula is C14H11BrO4S. The third-order valence-electron chi connectivity index (χ3n) is 2.91. The average Bonchev–Trinajstić information content (AvgIpc) is 2.94. The molecule has 0 unspecified atom stereocenters. The maximum absolute atomic E-state index is 12.5. The smallest absolute Gasteiger partial charge is 0.204 e. The van der Waals surface area contributed by atoms with Gasteiger partial charge in [0.05, 0.1) is 12.0 Å². The lowest BCUT2D eigenvalue weighted by Gasteiger charge is -2.19. The standard InChI is InChI=1S/C14H11BrO4S/c1-17-8-4-13(20-7-8)14(16)9-5-11-12(6-10(9)15)19-3-2-18-11/h4-7H,2-3H2,1H3. The van der Waals surface area contributed by atoms with Crippen LogP contribution in [0, 0.1) is 0 Å². The number of halogens is 1. The number of ether oxygens (including phenoxy) is 3. The predicted octanol–water partition coefficient (Wildman–Crippen LogP) is 3.52. The summed E-state index contributed by atoms with van der Waals surface area (Å²) in [6.45, 7) is 1.02. The Hall–Kier alpha value is -1.53. The highest BCUT2D eigenvalue weighted by Gasteiger charge is 2.20. The zero-order valence-corrected chi connectivity index (χ0v) is 13.0. The first-order valence-corrected chi connectivity index (χ1v) is 7.62. The van der Waals surface area contributed by atoms with Crippen LogP contribution in [0.4, 0.5) is 0 Å². The van der Waals surface area contributed by atoms with Crippen LogP contribution in [-0.2, 0) is 0 Å². The van der Waals surface area contributed by atoms with E-state index in [1.54, 1.807) is 30.7 Å². The van der Waals surface area contributed by atoms with E-state index >= 15 is 0 Å². The van der Waals surface area contributed by atoms with Crippen molar-refractivity contribution in [2.75, 3.05) is 20.3 Å². The summed E-state index contributed by atoms with van der Waals surface area (Å²) in [7, 11) is 1.58. The van der Waals surface area contributed by atoms with Gasteiger partial charge in [-0.2, -0.15) is 0 Å². The van der Waals surface area contributed by atoms with Gasteiger partial charge < -0.3 is 14.2 Å². The number of carbonyl (C=O) groups is 1. The minimum atomic E-state index is -0.0675. The fourth-order valence-corrected chi connectivity index (χ4v) is 3.23. The van der Waals surface area contributed by atoms with Gasteiger partial charge in [-0.25, -0.2) is 0 Å². The highest BCUT2D eigenvalue weighted by atomic mass is 79.9. The van der Waals surface area contributed by atoms with Crippen molar-refractivity contribution < 1.29 is 19.0 Å². The summed E-state index contributed by atoms with van der Waals surface area (Å²) < 4.78 is 16.8. The monoisotopic (exact) mass is 354 g/mol. The molecule has 0 radical (unpaired) electrons. The molecule has 0 bridgehead atoms. The molecule has 0 N–H and O–H groups in total. The normalized spacial score (nSPS) is 13.1. The maximum Gasteiger partial charge on any atom is 0.204 e. The van der Waals surface area contributed by atoms with Gasteiger partial charge in [0, 0.05) is 21.5 Å². The molecule has 0 fully saturated rings. The van der Waals surface area contributed by atoms with Crippen LogP contribution in [0.5, 0.6) is 17.2 Å². The second-order valence-electron chi connectivity index (χ2n) is 4.16. The SMILES string of the molecule is COc1csc(C(=O)c2cc3c(cc2Br)OCCO3)c1. The molecule has 0 atom stereocenters. The average molecular weight is 355 g/mol. The maximum atomic E-state index is 12.5. The molecule has 1 aromatic carbocycles. The van der Waals surface area contributed by atoms with Gasteiger partial charge in [-0.3, -0.25) is 4.79 Å². The number of benzene rings is 1. The minimum Gasteiger partial charge on any atom is -0.496 e. The summed E-state index contributed by atoms with van der Waals surface area (Å²) >= 11 is 4.77. The van der Waals surface area contributed by atoms with Crippen LogP contribution in [-0.4, -0.2) is 26.1 Å². The van der Waals surface area contributed by atoms with Crippen molar-refractivity contribution in [3.63, 3.8) is 0 Å². The number of carbonyl (C=O) groups excluding carboxylic acids is 1. The largest absolute Gasteiger partial charge is 0.496 e. The molecule has 1 aliphatic rings. The van der Waals surface area contributed by atoms with Crippen molar-refractivity contribution in [2.24, 2.45) is 0 Å². The molecule has 0 saturated carbocycles. The Labute approximate surface area is 128 Å². The highest BCUT2D eigenvalue weighted by Crippen LogP contribution is 2.37. The van der Waals surface area contributed by atoms with Crippen molar-refractivity contribution in [1.29, 1.82) is 0 Å². The molecule has 2 aromatic rings. The summed E-state index contributed by atoms with van der Waals surface area (Å²) in [6.07, 6.45) is 0. The zero-order chi connectivity index (χ0) is 14.1. The molecule has 20 heavy (non-hydrogen) atoms. The van der Waals surface area contributed by atoms with Crippen molar-refractivity contribution >= 4 is 33.0 Å². The van der Waals surface area contributed by atoms with Gasteiger partial charge in [0.2, 0.25) is 5.78 Å². The Morgan fingerprint density at radius 2 is 1.95 bits per heavy atom. The Balaban J connectivity index is 1.98. The van der Waals surface area contributed by atoms with Crippen LogP contribution in [0.15, 0.2) is 28.1 Å². The molecule has 2 heterocycles. The Kier molecular flexibility index (Phi) is 3.67. The minimum absolute atomic E-state index is 0.0675. The molecule has 0 aliphatic carbocycles. The molecule has 1 aliphatic heterocycles. The lowest BCUT2D eigenvalue weighted by Crippen LogP contribution is -2.16. The number of hydrogen-bond donors (Lipinski definition) is 0. The summed E-state index contributed by atoms with van der Waals surface area (Å²) in [4.78, 5) is 13.1. The number of methoxy groups -OCH3 is 1. The number of ketones is 1. The molecular weight excluding hydrogens is 344 g/mol. The first-order chi connectivity index (χ1) is 9.69. The molecule has 1 aromatic heterocycles. The lowest BCUT2D eigenvalue weighted by atomic mass is 10.1. The Morgan fingerprint density at radius 3 is 2.60 bits per heavy atom. The van der Waals surface area contributed by atoms with Crippen molar-refractivity contribution in [3.8, 4) is 17.2 Å². The van der Waals surface area contributed by atoms with Crippen molar-refractivity contribution in [2.45, 2.75) is 0 Å². The summed E-state index contributed by atoms with van der Waals surface area (Å²) in [6, 6.07) is 5.22. The van der Waals surface area contributed by atoms with E-state index in [0.717, 1.165) is 0 Å². The van der Waals surface area contributed by atoms with Crippen LogP contribution in [0.25, 0.3) is 0 Å². The fraction of sp³-hybridized carbons (Fsp3) is 0.214. The van der Waals surface area contributed by atoms with E-state index in [1.807, 2.05) is 0 Å². The number of fused-ring (bicyclic) bond motifs is 1. The number of rotatable bonds is 3. The Morgan fingerprint density at radius 1 is 1.25 bits per heavy atom. The molecule has 0 amide bonds. The van der Waals surface area contributed by atoms with E-state index in [0.29, 0.717) is 45.4 Å². The summed E-state index contributed by atoms with van der Waals surface area (Å²) in [5, 5.41) is 1.80. The predicted molar refractivity (Wildman–Crippen MR) is 79.4 cm³/mol. The second kappa shape index (κ2) is 5.46. The number of thiophene rings is 1. The van der Waals surface area contributed by atoms with Gasteiger partial charge in [0.25, 0.3) is 0 Å². The zero-order valence-electron chi connectivity index (χ0n) is 10.6. The molecule has 6 heteroatoms. The van der Waals surface area contributed by atoms with Crippen molar-refractivity contribution in [1.82, 2.24) is 0 Å². The van der Waals surface area contributed by atoms with Crippen LogP contribution < -0.4 is 14.2 Å². The van der Waals surface area contributed by atoms with E-state index in [9.17, 15) is 4.79 Å². The Bertz CT molecular complexity index is 665. The second-order valence-corrected chi connectivity index (χ2v) is 5.92. The molecule has 0 spiro atoms. The van der Waals surface area contributed by atoms with Gasteiger partial charge in [-0.05, 0) is 28.1 Å². The van der Waals surface area contributed by atoms with E-state index in [1.165, 1.54) is 11.3 Å². The first-order valence-electron chi connectivity index (χ1n) is 5.95. The van der Waals surface area contributed by atoms with Gasteiger partial charge >= 0.3 is 0 Å². The van der Waals surface area contributed by atoms with Gasteiger partial charge in [0.1, 0.15) is 19.0 Å². The first kappa shape index (κ1) is 13.5. The van der Waals surface area contributed by atoms with Gasteiger partial charge in [0.15, 0.2) is 11.5 Å². The van der Waals surface area contributed by atoms with Crippen LogP contribution in [0.2, 0.25) is 0 Å². The molecule has 0 saturated heterocycles. The van der Waals surface area contributed by atoms with E-state index in [2.05, 4.69) is 15.9 Å². The van der Waals surface area contributed by atoms with E-state index < -0.39 is 0 Å². The third-order valence-corrected chi connectivity index (χ3v) is 4.47. The van der Waals surface area contributed by atoms with E-state index in [-0.39, 0.29) is 5.78 Å². The van der Waals surface area contributed by atoms with Gasteiger partial charge in [-0.15, -0.1) is 11.3 Å². The molecule has 4 nitrogen and oxygen atoms in total. The quantitative estimate of drug-likeness (QED) is 0.791. The van der Waals surface area contributed by atoms with Gasteiger partial charge in [-0.1, -0.05) is 0 Å². The molecule has 3 rings (SSSR count). The summed E-state index contributed by atoms with van der Waals surface area (Å²) in [5.74, 6) is 1.88. The van der Waals surface area contributed by atoms with Crippen molar-refractivity contribution in [3.05, 3.63) is 38.5 Å². The van der Waals surface area contributed by atoms with Crippen LogP contribution in [0.3, 0.4) is 0 Å². The van der Waals surface area contributed by atoms with Crippen LogP contribution in [0.1, 0.15) is 15.2 Å². The summed E-state index contributed by atoms with van der Waals surface area (Å²) in [5.41, 5.74) is 0.554. The van der Waals surface area contributed by atoms with Crippen LogP contribution >= 0.6 is 27.3 Å².